The number of likely N-dealkylation sites (N-methyl/N-ethyl adjacent to an activating group) is 1. The lowest BCUT2D eigenvalue weighted by Gasteiger charge is -2.20. The van der Waals surface area contributed by atoms with Crippen LogP contribution < -0.4 is 10.7 Å². The number of aliphatic hydroxyl groups excluding tert-OH is 1. The summed E-state index contributed by atoms with van der Waals surface area (Å²) in [7, 11) is 1.99. The van der Waals surface area contributed by atoms with Gasteiger partial charge in [-0.2, -0.15) is 0 Å². The molecule has 4 heteroatoms. The predicted octanol–water partition coefficient (Wildman–Crippen LogP) is 2.25. The van der Waals surface area contributed by atoms with Gasteiger partial charge in [0.05, 0.1) is 17.6 Å². The van der Waals surface area contributed by atoms with E-state index < -0.39 is 0 Å². The Morgan fingerprint density at radius 1 is 1.20 bits per heavy atom. The summed E-state index contributed by atoms with van der Waals surface area (Å²) >= 11 is 0. The molecule has 0 aliphatic carbocycles. The van der Waals surface area contributed by atoms with Crippen molar-refractivity contribution < 1.29 is 5.11 Å². The van der Waals surface area contributed by atoms with Crippen LogP contribution in [-0.4, -0.2) is 30.0 Å². The Bertz CT molecular complexity index is 776. The third kappa shape index (κ3) is 1.80. The summed E-state index contributed by atoms with van der Waals surface area (Å²) in [5.74, 6) is 6.24. The Kier molecular flexibility index (Phi) is 3.03. The van der Waals surface area contributed by atoms with Crippen LogP contribution in [0, 0.1) is 6.92 Å². The van der Waals surface area contributed by atoms with Gasteiger partial charge in [0.2, 0.25) is 0 Å². The Hall–Kier alpha value is -2.20. The van der Waals surface area contributed by atoms with Crippen LogP contribution in [-0.2, 0) is 0 Å². The quantitative estimate of drug-likeness (QED) is 0.717. The van der Waals surface area contributed by atoms with Crippen molar-refractivity contribution in [1.29, 1.82) is 0 Å². The molecule has 0 aliphatic heterocycles. The number of benzene rings is 2. The smallest absolute Gasteiger partial charge is 0.0727 e. The highest BCUT2D eigenvalue weighted by molar-refractivity contribution is 6.14. The van der Waals surface area contributed by atoms with Crippen LogP contribution >= 0.6 is 0 Å². The first-order chi connectivity index (χ1) is 9.63. The molecule has 0 unspecified atom stereocenters. The number of hydrogen-bond donors (Lipinski definition) is 2. The molecule has 0 radical (unpaired) electrons. The average molecular weight is 269 g/mol. The molecule has 3 rings (SSSR count). The minimum Gasteiger partial charge on any atom is -0.395 e. The molecule has 0 saturated carbocycles. The van der Waals surface area contributed by atoms with E-state index in [-0.39, 0.29) is 6.61 Å². The number of rotatable bonds is 3. The Morgan fingerprint density at radius 2 is 1.95 bits per heavy atom. The summed E-state index contributed by atoms with van der Waals surface area (Å²) in [6, 6.07) is 12.4. The molecule has 20 heavy (non-hydrogen) atoms. The maximum absolute atomic E-state index is 9.19. The fourth-order valence-electron chi connectivity index (χ4n) is 2.81. The molecule has 4 nitrogen and oxygen atoms in total. The number of nitrogen functional groups attached to an aromatic ring is 1. The van der Waals surface area contributed by atoms with Crippen LogP contribution in [0.1, 0.15) is 5.56 Å². The van der Waals surface area contributed by atoms with Gasteiger partial charge in [0.25, 0.3) is 0 Å². The van der Waals surface area contributed by atoms with E-state index >= 15 is 0 Å². The molecule has 104 valence electrons. The van der Waals surface area contributed by atoms with Crippen molar-refractivity contribution in [3.05, 3.63) is 42.0 Å². The van der Waals surface area contributed by atoms with Gasteiger partial charge in [-0.1, -0.05) is 18.2 Å². The first-order valence-corrected chi connectivity index (χ1v) is 6.74. The fourth-order valence-corrected chi connectivity index (χ4v) is 2.81. The van der Waals surface area contributed by atoms with Gasteiger partial charge in [-0.15, -0.1) is 0 Å². The lowest BCUT2D eigenvalue weighted by molar-refractivity contribution is 0.304. The van der Waals surface area contributed by atoms with Crippen molar-refractivity contribution >= 4 is 27.5 Å². The number of nitrogens with zero attached hydrogens (tertiary/aromatic N) is 2. The molecule has 3 N–H and O–H groups in total. The zero-order valence-corrected chi connectivity index (χ0v) is 11.8. The van der Waals surface area contributed by atoms with E-state index in [0.717, 1.165) is 33.1 Å². The summed E-state index contributed by atoms with van der Waals surface area (Å²) in [6.07, 6.45) is 0. The minimum absolute atomic E-state index is 0.132. The third-order valence-electron chi connectivity index (χ3n) is 3.78. The van der Waals surface area contributed by atoms with Gasteiger partial charge in [-0.05, 0) is 30.7 Å². The number of aryl methyl sites for hydroxylation is 1. The van der Waals surface area contributed by atoms with Crippen LogP contribution in [0.2, 0.25) is 0 Å². The van der Waals surface area contributed by atoms with Crippen molar-refractivity contribution in [2.75, 3.05) is 30.9 Å². The van der Waals surface area contributed by atoms with E-state index in [1.54, 1.807) is 4.68 Å². The Labute approximate surface area is 118 Å². The van der Waals surface area contributed by atoms with E-state index in [1.807, 2.05) is 25.2 Å². The highest BCUT2D eigenvalue weighted by Crippen LogP contribution is 2.35. The zero-order chi connectivity index (χ0) is 14.3. The van der Waals surface area contributed by atoms with Gasteiger partial charge in [0.15, 0.2) is 0 Å². The number of aromatic nitrogens is 1. The van der Waals surface area contributed by atoms with Gasteiger partial charge in [0, 0.05) is 30.1 Å². The monoisotopic (exact) mass is 269 g/mol. The van der Waals surface area contributed by atoms with E-state index in [4.69, 9.17) is 5.84 Å². The first kappa shape index (κ1) is 12.8. The maximum atomic E-state index is 9.19. The molecule has 0 fully saturated rings. The van der Waals surface area contributed by atoms with Crippen molar-refractivity contribution in [2.45, 2.75) is 6.92 Å². The summed E-state index contributed by atoms with van der Waals surface area (Å²) < 4.78 is 1.74. The zero-order valence-electron chi connectivity index (χ0n) is 11.8. The molecule has 1 heterocycles. The summed E-state index contributed by atoms with van der Waals surface area (Å²) in [5.41, 5.74) is 4.30. The average Bonchev–Trinajstić information content (AvgIpc) is 2.72. The number of anilines is 1. The molecular weight excluding hydrogens is 250 g/mol. The number of para-hydroxylation sites is 1. The molecule has 1 aromatic heterocycles. The highest BCUT2D eigenvalue weighted by atomic mass is 16.3. The lowest BCUT2D eigenvalue weighted by Crippen LogP contribution is -2.21. The molecule has 0 atom stereocenters. The van der Waals surface area contributed by atoms with Gasteiger partial charge < -0.3 is 15.8 Å². The van der Waals surface area contributed by atoms with Crippen LogP contribution in [0.15, 0.2) is 36.4 Å². The number of hydrogen-bond acceptors (Lipinski definition) is 3. The fraction of sp³-hybridized carbons (Fsp3) is 0.250. The van der Waals surface area contributed by atoms with Crippen molar-refractivity contribution in [3.63, 3.8) is 0 Å². The normalized spacial score (nSPS) is 11.3. The molecule has 0 aliphatic rings. The number of nitrogens with two attached hydrogens (primary N) is 1. The molecule has 0 amide bonds. The van der Waals surface area contributed by atoms with Gasteiger partial charge in [0.1, 0.15) is 0 Å². The van der Waals surface area contributed by atoms with E-state index in [9.17, 15) is 5.11 Å². The molecule has 3 aromatic rings. The Balaban J connectivity index is 2.42. The predicted molar refractivity (Wildman–Crippen MR) is 84.7 cm³/mol. The second-order valence-corrected chi connectivity index (χ2v) is 5.21. The Morgan fingerprint density at radius 3 is 2.70 bits per heavy atom. The molecule has 0 spiro atoms. The third-order valence-corrected chi connectivity index (χ3v) is 3.78. The minimum atomic E-state index is 0.132. The molecule has 0 saturated heterocycles. The molecule has 0 bridgehead atoms. The summed E-state index contributed by atoms with van der Waals surface area (Å²) in [6.45, 7) is 2.79. The molecular formula is C16H19N3O. The number of fused-ring (bicyclic) bond motifs is 3. The largest absolute Gasteiger partial charge is 0.395 e. The molecule has 2 aromatic carbocycles. The summed E-state index contributed by atoms with van der Waals surface area (Å²) in [5, 5.41) is 11.5. The van der Waals surface area contributed by atoms with Crippen molar-refractivity contribution in [1.82, 2.24) is 4.68 Å². The second kappa shape index (κ2) is 4.72. The standard InChI is InChI=1S/C16H19N3O/c1-11-9-14(18(2)7-8-20)16-12-5-3-4-6-13(12)19(17)15(16)10-11/h3-6,9-10,20H,7-8,17H2,1-2H3. The van der Waals surface area contributed by atoms with E-state index in [0.29, 0.717) is 6.54 Å². The van der Waals surface area contributed by atoms with Crippen LogP contribution in [0.3, 0.4) is 0 Å². The SMILES string of the molecule is Cc1cc(N(C)CCO)c2c3ccccc3n(N)c2c1. The van der Waals surface area contributed by atoms with Crippen molar-refractivity contribution in [3.8, 4) is 0 Å². The van der Waals surface area contributed by atoms with Crippen LogP contribution in [0.4, 0.5) is 5.69 Å². The van der Waals surface area contributed by atoms with E-state index in [2.05, 4.69) is 30.0 Å². The van der Waals surface area contributed by atoms with Crippen LogP contribution in [0.25, 0.3) is 21.8 Å². The highest BCUT2D eigenvalue weighted by Gasteiger charge is 2.15. The van der Waals surface area contributed by atoms with Gasteiger partial charge >= 0.3 is 0 Å². The second-order valence-electron chi connectivity index (χ2n) is 5.21. The van der Waals surface area contributed by atoms with Gasteiger partial charge in [-0.25, -0.2) is 0 Å². The summed E-state index contributed by atoms with van der Waals surface area (Å²) in [4.78, 5) is 2.07. The van der Waals surface area contributed by atoms with Crippen LogP contribution in [0.5, 0.6) is 0 Å². The number of aliphatic hydroxyl groups is 1. The van der Waals surface area contributed by atoms with Gasteiger partial charge in [-0.3, -0.25) is 4.68 Å². The van der Waals surface area contributed by atoms with Crippen molar-refractivity contribution in [2.24, 2.45) is 0 Å². The first-order valence-electron chi connectivity index (χ1n) is 6.74. The maximum Gasteiger partial charge on any atom is 0.0727 e. The topological polar surface area (TPSA) is 54.4 Å². The van der Waals surface area contributed by atoms with E-state index in [1.165, 1.54) is 0 Å². The lowest BCUT2D eigenvalue weighted by atomic mass is 10.1.